The first-order valence-corrected chi connectivity index (χ1v) is 7.75. The molecule has 0 spiro atoms. The number of hydrogen-bond donors (Lipinski definition) is 1. The summed E-state index contributed by atoms with van der Waals surface area (Å²) in [5.74, 6) is -1.14. The summed E-state index contributed by atoms with van der Waals surface area (Å²) < 4.78 is 50.9. The summed E-state index contributed by atoms with van der Waals surface area (Å²) in [5, 5.41) is 1.37. The minimum absolute atomic E-state index is 0.158. The lowest BCUT2D eigenvalue weighted by atomic mass is 10.3. The first-order chi connectivity index (χ1) is 11.2. The van der Waals surface area contributed by atoms with E-state index in [1.54, 1.807) is 0 Å². The molecule has 0 aliphatic carbocycles. The van der Waals surface area contributed by atoms with Gasteiger partial charge in [-0.05, 0) is 31.2 Å². The highest BCUT2D eigenvalue weighted by molar-refractivity contribution is 8.00. The zero-order valence-corrected chi connectivity index (χ0v) is 13.6. The summed E-state index contributed by atoms with van der Waals surface area (Å²) >= 11 is 6.38. The monoisotopic (exact) mass is 379 g/mol. The lowest BCUT2D eigenvalue weighted by Crippen LogP contribution is -2.23. The molecule has 1 aromatic carbocycles. The third-order valence-corrected chi connectivity index (χ3v) is 4.03. The number of alkyl halides is 3. The molecule has 1 aromatic heterocycles. The van der Waals surface area contributed by atoms with Crippen molar-refractivity contribution in [2.45, 2.75) is 23.5 Å². The highest BCUT2D eigenvalue weighted by Gasteiger charge is 2.33. The van der Waals surface area contributed by atoms with E-state index in [9.17, 15) is 22.4 Å². The van der Waals surface area contributed by atoms with Gasteiger partial charge in [-0.25, -0.2) is 14.4 Å². The Kier molecular flexibility index (Phi) is 5.66. The van der Waals surface area contributed by atoms with Crippen molar-refractivity contribution in [1.29, 1.82) is 0 Å². The number of nitrogens with zero attached hydrogens (tertiary/aromatic N) is 2. The van der Waals surface area contributed by atoms with Crippen molar-refractivity contribution >= 4 is 35.0 Å². The van der Waals surface area contributed by atoms with Crippen LogP contribution in [0.5, 0.6) is 0 Å². The standard InChI is InChI=1S/C14H10ClF4N3OS/c1-7(12(23)21-8-2-3-10(16)9(15)6-8)24-13-20-5-4-11(22-13)14(17,18)19/h2-7H,1H3,(H,21,23). The third-order valence-electron chi connectivity index (χ3n) is 2.76. The van der Waals surface area contributed by atoms with Crippen LogP contribution in [-0.4, -0.2) is 21.1 Å². The molecule has 2 rings (SSSR count). The summed E-state index contributed by atoms with van der Waals surface area (Å²) in [5.41, 5.74) is -0.818. The first-order valence-electron chi connectivity index (χ1n) is 6.49. The van der Waals surface area contributed by atoms with Crippen LogP contribution in [0.25, 0.3) is 0 Å². The molecule has 128 valence electrons. The van der Waals surface area contributed by atoms with E-state index in [2.05, 4.69) is 15.3 Å². The van der Waals surface area contributed by atoms with E-state index in [4.69, 9.17) is 11.6 Å². The molecule has 1 atom stereocenters. The van der Waals surface area contributed by atoms with Gasteiger partial charge in [-0.2, -0.15) is 13.2 Å². The molecular formula is C14H10ClF4N3OS. The van der Waals surface area contributed by atoms with Crippen molar-refractivity contribution < 1.29 is 22.4 Å². The molecule has 0 saturated carbocycles. The van der Waals surface area contributed by atoms with Gasteiger partial charge in [0.2, 0.25) is 5.91 Å². The van der Waals surface area contributed by atoms with Crippen LogP contribution in [0.4, 0.5) is 23.2 Å². The maximum Gasteiger partial charge on any atom is 0.433 e. The Balaban J connectivity index is 2.05. The van der Waals surface area contributed by atoms with Crippen LogP contribution in [0.2, 0.25) is 5.02 Å². The Labute approximate surface area is 143 Å². The van der Waals surface area contributed by atoms with Crippen molar-refractivity contribution in [3.05, 3.63) is 47.0 Å². The van der Waals surface area contributed by atoms with Gasteiger partial charge in [0.25, 0.3) is 0 Å². The molecule has 0 saturated heterocycles. The van der Waals surface area contributed by atoms with Crippen LogP contribution in [0.15, 0.2) is 35.6 Å². The zero-order valence-electron chi connectivity index (χ0n) is 12.1. The summed E-state index contributed by atoms with van der Waals surface area (Å²) in [6.45, 7) is 1.48. The van der Waals surface area contributed by atoms with E-state index >= 15 is 0 Å². The molecule has 1 N–H and O–H groups in total. The van der Waals surface area contributed by atoms with Gasteiger partial charge >= 0.3 is 6.18 Å². The number of hydrogen-bond acceptors (Lipinski definition) is 4. The number of nitrogens with one attached hydrogen (secondary N) is 1. The number of benzene rings is 1. The van der Waals surface area contributed by atoms with E-state index in [-0.39, 0.29) is 15.9 Å². The van der Waals surface area contributed by atoms with Gasteiger partial charge in [0, 0.05) is 11.9 Å². The molecular weight excluding hydrogens is 370 g/mol. The van der Waals surface area contributed by atoms with Crippen molar-refractivity contribution in [2.24, 2.45) is 0 Å². The summed E-state index contributed by atoms with van der Waals surface area (Å²) in [7, 11) is 0. The predicted octanol–water partition coefficient (Wildman–Crippen LogP) is 4.41. The van der Waals surface area contributed by atoms with Crippen molar-refractivity contribution in [3.8, 4) is 0 Å². The Morgan fingerprint density at radius 2 is 2.04 bits per heavy atom. The van der Waals surface area contributed by atoms with Crippen molar-refractivity contribution in [1.82, 2.24) is 9.97 Å². The highest BCUT2D eigenvalue weighted by Crippen LogP contribution is 2.29. The van der Waals surface area contributed by atoms with Crippen LogP contribution in [0.3, 0.4) is 0 Å². The van der Waals surface area contributed by atoms with Gasteiger partial charge in [-0.15, -0.1) is 0 Å². The van der Waals surface area contributed by atoms with Gasteiger partial charge in [-0.3, -0.25) is 4.79 Å². The molecule has 1 unspecified atom stereocenters. The molecule has 24 heavy (non-hydrogen) atoms. The second-order valence-electron chi connectivity index (χ2n) is 4.60. The molecule has 4 nitrogen and oxygen atoms in total. The predicted molar refractivity (Wildman–Crippen MR) is 82.4 cm³/mol. The first kappa shape index (κ1) is 18.5. The molecule has 1 heterocycles. The molecule has 10 heteroatoms. The van der Waals surface area contributed by atoms with E-state index in [0.717, 1.165) is 30.1 Å². The van der Waals surface area contributed by atoms with Crippen LogP contribution in [0, 0.1) is 5.82 Å². The number of aromatic nitrogens is 2. The van der Waals surface area contributed by atoms with Gasteiger partial charge in [0.1, 0.15) is 11.5 Å². The Hall–Kier alpha value is -1.87. The second kappa shape index (κ2) is 7.35. The van der Waals surface area contributed by atoms with Crippen molar-refractivity contribution in [2.75, 3.05) is 5.32 Å². The number of halogens is 5. The number of rotatable bonds is 4. The minimum Gasteiger partial charge on any atom is -0.325 e. The molecule has 2 aromatic rings. The Morgan fingerprint density at radius 3 is 2.67 bits per heavy atom. The fraction of sp³-hybridized carbons (Fsp3) is 0.214. The summed E-state index contributed by atoms with van der Waals surface area (Å²) in [4.78, 5) is 19.1. The molecule has 1 amide bonds. The number of thioether (sulfide) groups is 1. The number of carbonyl (C=O) groups excluding carboxylic acids is 1. The minimum atomic E-state index is -4.59. The van der Waals surface area contributed by atoms with Gasteiger partial charge in [0.05, 0.1) is 10.3 Å². The van der Waals surface area contributed by atoms with Crippen LogP contribution >= 0.6 is 23.4 Å². The highest BCUT2D eigenvalue weighted by atomic mass is 35.5. The van der Waals surface area contributed by atoms with Crippen LogP contribution < -0.4 is 5.32 Å². The SMILES string of the molecule is CC(Sc1nccc(C(F)(F)F)n1)C(=O)Nc1ccc(F)c(Cl)c1. The molecule has 0 bridgehead atoms. The Morgan fingerprint density at radius 1 is 1.33 bits per heavy atom. The van der Waals surface area contributed by atoms with Crippen LogP contribution in [0.1, 0.15) is 12.6 Å². The number of carbonyl (C=O) groups is 1. The Bertz CT molecular complexity index is 757. The van der Waals surface area contributed by atoms with Crippen LogP contribution in [-0.2, 0) is 11.0 Å². The fourth-order valence-electron chi connectivity index (χ4n) is 1.58. The fourth-order valence-corrected chi connectivity index (χ4v) is 2.52. The lowest BCUT2D eigenvalue weighted by Gasteiger charge is -2.12. The van der Waals surface area contributed by atoms with Gasteiger partial charge < -0.3 is 5.32 Å². The quantitative estimate of drug-likeness (QED) is 0.486. The number of anilines is 1. The molecule has 0 aliphatic heterocycles. The van der Waals surface area contributed by atoms with Gasteiger partial charge in [0.15, 0.2) is 5.16 Å². The van der Waals surface area contributed by atoms with Crippen molar-refractivity contribution in [3.63, 3.8) is 0 Å². The maximum atomic E-state index is 13.1. The van der Waals surface area contributed by atoms with E-state index in [1.165, 1.54) is 19.1 Å². The largest absolute Gasteiger partial charge is 0.433 e. The summed E-state index contributed by atoms with van der Waals surface area (Å²) in [6, 6.07) is 4.38. The average molecular weight is 380 g/mol. The van der Waals surface area contributed by atoms with E-state index in [1.807, 2.05) is 0 Å². The van der Waals surface area contributed by atoms with E-state index in [0.29, 0.717) is 0 Å². The normalized spacial score (nSPS) is 12.8. The molecule has 0 radical (unpaired) electrons. The summed E-state index contributed by atoms with van der Waals surface area (Å²) in [6.07, 6.45) is -3.61. The topological polar surface area (TPSA) is 54.9 Å². The van der Waals surface area contributed by atoms with Gasteiger partial charge in [-0.1, -0.05) is 23.4 Å². The zero-order chi connectivity index (χ0) is 17.9. The molecule has 0 fully saturated rings. The second-order valence-corrected chi connectivity index (χ2v) is 6.32. The third kappa shape index (κ3) is 4.81. The lowest BCUT2D eigenvalue weighted by molar-refractivity contribution is -0.141. The number of amides is 1. The maximum absolute atomic E-state index is 13.1. The molecule has 0 aliphatic rings. The smallest absolute Gasteiger partial charge is 0.325 e. The van der Waals surface area contributed by atoms with E-state index < -0.39 is 28.8 Å². The average Bonchev–Trinajstić information content (AvgIpc) is 2.50.